The summed E-state index contributed by atoms with van der Waals surface area (Å²) in [6.07, 6.45) is 0.204. The molecule has 1 aromatic carbocycles. The number of carbonyl (C=O) groups excluding carboxylic acids is 1. The maximum Gasteiger partial charge on any atom is 0.230 e. The van der Waals surface area contributed by atoms with Crippen molar-refractivity contribution in [1.29, 1.82) is 0 Å². The van der Waals surface area contributed by atoms with Gasteiger partial charge in [0.25, 0.3) is 0 Å². The van der Waals surface area contributed by atoms with Gasteiger partial charge in [-0.25, -0.2) is 4.98 Å². The molecule has 120 valence electrons. The van der Waals surface area contributed by atoms with E-state index in [1.807, 2.05) is 6.92 Å². The van der Waals surface area contributed by atoms with Crippen molar-refractivity contribution in [1.82, 2.24) is 20.0 Å². The molecule has 0 saturated heterocycles. The number of likely N-dealkylation sites (N-methyl/N-ethyl adjacent to an activating group) is 1. The zero-order valence-electron chi connectivity index (χ0n) is 13.8. The second-order valence-corrected chi connectivity index (χ2v) is 6.00. The maximum absolute atomic E-state index is 12.2. The van der Waals surface area contributed by atoms with Gasteiger partial charge in [-0.1, -0.05) is 5.16 Å². The van der Waals surface area contributed by atoms with Gasteiger partial charge in [-0.05, 0) is 44.0 Å². The van der Waals surface area contributed by atoms with Crippen LogP contribution in [0.1, 0.15) is 28.4 Å². The molecule has 0 aliphatic heterocycles. The lowest BCUT2D eigenvalue weighted by Crippen LogP contribution is -2.28. The highest BCUT2D eigenvalue weighted by Crippen LogP contribution is 2.18. The third kappa shape index (κ3) is 3.26. The molecule has 0 radical (unpaired) electrons. The van der Waals surface area contributed by atoms with Gasteiger partial charge in [0.05, 0.1) is 29.7 Å². The van der Waals surface area contributed by atoms with Crippen LogP contribution in [0.4, 0.5) is 0 Å². The number of hydrogen-bond donors (Lipinski definition) is 1. The normalized spacial score (nSPS) is 11.1. The molecule has 6 heteroatoms. The van der Waals surface area contributed by atoms with Crippen LogP contribution in [0.15, 0.2) is 22.7 Å². The minimum atomic E-state index is -0.0334. The second-order valence-electron chi connectivity index (χ2n) is 6.00. The molecule has 3 rings (SSSR count). The van der Waals surface area contributed by atoms with Crippen LogP contribution in [-0.4, -0.2) is 33.0 Å². The molecule has 6 nitrogen and oxygen atoms in total. The Morgan fingerprint density at radius 1 is 1.22 bits per heavy atom. The molecule has 2 aromatic heterocycles. The SMILES string of the molecule is Cc1cc(CC(=O)N(C)Cc2nc3cc(C)c(C)cc3[nH]2)on1. The Labute approximate surface area is 134 Å². The Kier molecular flexibility index (Phi) is 3.90. The van der Waals surface area contributed by atoms with E-state index < -0.39 is 0 Å². The van der Waals surface area contributed by atoms with Crippen molar-refractivity contribution in [3.05, 3.63) is 46.6 Å². The number of imidazole rings is 1. The largest absolute Gasteiger partial charge is 0.361 e. The van der Waals surface area contributed by atoms with Gasteiger partial charge in [0.15, 0.2) is 0 Å². The van der Waals surface area contributed by atoms with Crippen molar-refractivity contribution in [2.45, 2.75) is 33.7 Å². The fourth-order valence-electron chi connectivity index (χ4n) is 2.49. The number of nitrogens with one attached hydrogen (secondary N) is 1. The molecule has 0 bridgehead atoms. The summed E-state index contributed by atoms with van der Waals surface area (Å²) in [7, 11) is 1.76. The Balaban J connectivity index is 1.71. The topological polar surface area (TPSA) is 75.0 Å². The minimum Gasteiger partial charge on any atom is -0.361 e. The first-order valence-electron chi connectivity index (χ1n) is 7.54. The first-order valence-corrected chi connectivity index (χ1v) is 7.54. The van der Waals surface area contributed by atoms with E-state index in [0.29, 0.717) is 12.3 Å². The summed E-state index contributed by atoms with van der Waals surface area (Å²) in [4.78, 5) is 21.7. The Morgan fingerprint density at radius 3 is 2.65 bits per heavy atom. The summed E-state index contributed by atoms with van der Waals surface area (Å²) < 4.78 is 5.09. The molecule has 23 heavy (non-hydrogen) atoms. The van der Waals surface area contributed by atoms with E-state index in [9.17, 15) is 4.79 Å². The highest BCUT2D eigenvalue weighted by molar-refractivity contribution is 5.79. The second kappa shape index (κ2) is 5.87. The van der Waals surface area contributed by atoms with Gasteiger partial charge in [0, 0.05) is 13.1 Å². The number of benzene rings is 1. The summed E-state index contributed by atoms with van der Waals surface area (Å²) in [5.74, 6) is 1.32. The lowest BCUT2D eigenvalue weighted by molar-refractivity contribution is -0.130. The number of carbonyl (C=O) groups is 1. The van der Waals surface area contributed by atoms with Crippen molar-refractivity contribution in [2.24, 2.45) is 0 Å². The third-order valence-electron chi connectivity index (χ3n) is 3.96. The predicted octanol–water partition coefficient (Wildman–Crippen LogP) is 2.68. The van der Waals surface area contributed by atoms with Gasteiger partial charge in [0.1, 0.15) is 11.6 Å². The lowest BCUT2D eigenvalue weighted by Gasteiger charge is -2.14. The van der Waals surface area contributed by atoms with Crippen LogP contribution < -0.4 is 0 Å². The van der Waals surface area contributed by atoms with Gasteiger partial charge in [-0.2, -0.15) is 0 Å². The number of fused-ring (bicyclic) bond motifs is 1. The van der Waals surface area contributed by atoms with Crippen LogP contribution in [0.25, 0.3) is 11.0 Å². The van der Waals surface area contributed by atoms with Crippen LogP contribution >= 0.6 is 0 Å². The quantitative estimate of drug-likeness (QED) is 0.803. The Bertz CT molecular complexity index is 824. The van der Waals surface area contributed by atoms with Gasteiger partial charge >= 0.3 is 0 Å². The molecule has 3 aromatic rings. The number of H-pyrrole nitrogens is 1. The smallest absolute Gasteiger partial charge is 0.230 e. The molecule has 1 N–H and O–H groups in total. The number of aromatic amines is 1. The molecule has 0 aliphatic rings. The Morgan fingerprint density at radius 2 is 1.96 bits per heavy atom. The predicted molar refractivity (Wildman–Crippen MR) is 87.0 cm³/mol. The third-order valence-corrected chi connectivity index (χ3v) is 3.96. The number of rotatable bonds is 4. The summed E-state index contributed by atoms with van der Waals surface area (Å²) in [5.41, 5.74) is 5.13. The van der Waals surface area contributed by atoms with Crippen molar-refractivity contribution in [3.63, 3.8) is 0 Å². The first kappa shape index (κ1) is 15.3. The summed E-state index contributed by atoms with van der Waals surface area (Å²) in [6.45, 7) is 6.40. The van der Waals surface area contributed by atoms with E-state index in [1.165, 1.54) is 11.1 Å². The molecule has 1 amide bonds. The molecular formula is C17H20N4O2. The highest BCUT2D eigenvalue weighted by atomic mass is 16.5. The van der Waals surface area contributed by atoms with E-state index >= 15 is 0 Å². The van der Waals surface area contributed by atoms with Crippen LogP contribution in [-0.2, 0) is 17.8 Å². The zero-order chi connectivity index (χ0) is 16.6. The average molecular weight is 312 g/mol. The van der Waals surface area contributed by atoms with Gasteiger partial charge in [-0.3, -0.25) is 4.79 Å². The fraction of sp³-hybridized carbons (Fsp3) is 0.353. The fourth-order valence-corrected chi connectivity index (χ4v) is 2.49. The summed E-state index contributed by atoms with van der Waals surface area (Å²) >= 11 is 0. The highest BCUT2D eigenvalue weighted by Gasteiger charge is 2.15. The van der Waals surface area contributed by atoms with Gasteiger partial charge in [0.2, 0.25) is 5.91 Å². The molecule has 0 aliphatic carbocycles. The molecule has 0 saturated carbocycles. The number of amides is 1. The van der Waals surface area contributed by atoms with Gasteiger partial charge in [-0.15, -0.1) is 0 Å². The maximum atomic E-state index is 12.2. The van der Waals surface area contributed by atoms with Crippen molar-refractivity contribution < 1.29 is 9.32 Å². The van der Waals surface area contributed by atoms with Crippen LogP contribution in [0.5, 0.6) is 0 Å². The van der Waals surface area contributed by atoms with Crippen LogP contribution in [0.3, 0.4) is 0 Å². The summed E-state index contributed by atoms with van der Waals surface area (Å²) in [6, 6.07) is 5.92. The van der Waals surface area contributed by atoms with E-state index in [4.69, 9.17) is 4.52 Å². The standard InChI is InChI=1S/C17H20N4O2/c1-10-5-14-15(6-11(10)2)19-16(18-14)9-21(4)17(22)8-13-7-12(3)20-23-13/h5-7H,8-9H2,1-4H3,(H,18,19). The van der Waals surface area contributed by atoms with Crippen molar-refractivity contribution in [2.75, 3.05) is 7.05 Å². The molecule has 0 unspecified atom stereocenters. The molecule has 0 fully saturated rings. The van der Waals surface area contributed by atoms with Crippen molar-refractivity contribution >= 4 is 16.9 Å². The molecule has 2 heterocycles. The minimum absolute atomic E-state index is 0.0334. The van der Waals surface area contributed by atoms with Crippen LogP contribution in [0, 0.1) is 20.8 Å². The summed E-state index contributed by atoms with van der Waals surface area (Å²) in [5, 5.41) is 3.79. The van der Waals surface area contributed by atoms with E-state index in [0.717, 1.165) is 22.6 Å². The van der Waals surface area contributed by atoms with Gasteiger partial charge < -0.3 is 14.4 Å². The molecule has 0 atom stereocenters. The molecular weight excluding hydrogens is 292 g/mol. The van der Waals surface area contributed by atoms with Crippen molar-refractivity contribution in [3.8, 4) is 0 Å². The van der Waals surface area contributed by atoms with E-state index in [-0.39, 0.29) is 12.3 Å². The Hall–Kier alpha value is -2.63. The zero-order valence-corrected chi connectivity index (χ0v) is 13.8. The van der Waals surface area contributed by atoms with E-state index in [1.54, 1.807) is 18.0 Å². The van der Waals surface area contributed by atoms with E-state index in [2.05, 4.69) is 41.1 Å². The number of aryl methyl sites for hydroxylation is 3. The number of aromatic nitrogens is 3. The monoisotopic (exact) mass is 312 g/mol. The number of nitrogens with zero attached hydrogens (tertiary/aromatic N) is 3. The van der Waals surface area contributed by atoms with Crippen LogP contribution in [0.2, 0.25) is 0 Å². The number of hydrogen-bond acceptors (Lipinski definition) is 4. The first-order chi connectivity index (χ1) is 10.9. The lowest BCUT2D eigenvalue weighted by atomic mass is 10.1. The average Bonchev–Trinajstić information content (AvgIpc) is 3.05. The molecule has 0 spiro atoms.